The molecule has 12 heteroatoms. The van der Waals surface area contributed by atoms with Crippen LogP contribution in [-0.2, 0) is 15.0 Å². The quantitative estimate of drug-likeness (QED) is 0.336. The molecule has 1 aliphatic carbocycles. The van der Waals surface area contributed by atoms with Gasteiger partial charge in [-0.2, -0.15) is 18.3 Å². The van der Waals surface area contributed by atoms with Crippen molar-refractivity contribution in [2.24, 2.45) is 0 Å². The van der Waals surface area contributed by atoms with E-state index in [1.54, 1.807) is 12.0 Å². The number of carboxylic acids is 1. The smallest absolute Gasteiger partial charge is 0.490 e. The van der Waals surface area contributed by atoms with Crippen molar-refractivity contribution in [3.63, 3.8) is 0 Å². The van der Waals surface area contributed by atoms with E-state index in [4.69, 9.17) is 14.6 Å². The van der Waals surface area contributed by atoms with Gasteiger partial charge in [0.15, 0.2) is 0 Å². The van der Waals surface area contributed by atoms with Crippen molar-refractivity contribution in [1.82, 2.24) is 15.1 Å². The number of carbonyl (C=O) groups is 2. The van der Waals surface area contributed by atoms with Crippen molar-refractivity contribution in [2.45, 2.75) is 23.9 Å². The van der Waals surface area contributed by atoms with Crippen molar-refractivity contribution in [2.75, 3.05) is 57.2 Å². The lowest BCUT2D eigenvalue weighted by molar-refractivity contribution is -0.192. The molecule has 1 spiro atoms. The van der Waals surface area contributed by atoms with Gasteiger partial charge in [0, 0.05) is 61.5 Å². The number of fused-ring (bicyclic) bond motifs is 3. The minimum absolute atomic E-state index is 0.148. The van der Waals surface area contributed by atoms with Gasteiger partial charge in [-0.3, -0.25) is 9.89 Å². The average molecular weight is 608 g/mol. The summed E-state index contributed by atoms with van der Waals surface area (Å²) < 4.78 is 37.2. The Morgan fingerprint density at radius 1 is 1.02 bits per heavy atom. The van der Waals surface area contributed by atoms with E-state index in [1.165, 1.54) is 11.3 Å². The number of ether oxygens (including phenoxy) is 1. The van der Waals surface area contributed by atoms with E-state index in [-0.39, 0.29) is 11.8 Å². The van der Waals surface area contributed by atoms with Crippen LogP contribution in [0.3, 0.4) is 0 Å². The molecule has 230 valence electrons. The third kappa shape index (κ3) is 5.02. The first-order valence-corrected chi connectivity index (χ1v) is 14.2. The molecule has 7 rings (SSSR count). The molecule has 44 heavy (non-hydrogen) atoms. The van der Waals surface area contributed by atoms with Crippen LogP contribution in [0.4, 0.5) is 24.5 Å². The summed E-state index contributed by atoms with van der Waals surface area (Å²) in [5.41, 5.74) is 7.08. The summed E-state index contributed by atoms with van der Waals surface area (Å²) in [6, 6.07) is 21.2. The van der Waals surface area contributed by atoms with Crippen LogP contribution in [0.2, 0.25) is 0 Å². The number of carboxylic acid groups (broad SMARTS) is 1. The Hall–Kier alpha value is -4.58. The molecular formula is C32H32F3N5O4. The van der Waals surface area contributed by atoms with Gasteiger partial charge in [0.05, 0.1) is 23.7 Å². The Morgan fingerprint density at radius 2 is 1.70 bits per heavy atom. The monoisotopic (exact) mass is 607 g/mol. The number of amides is 1. The SMILES string of the molecule is COc1ccc2c(c1)C1(CC1c1ccc3c(-c4ccc(N5CCN(C)CC5)cc4)n[nH]c3c1)C(=O)N2C.O=C(O)C(F)(F)F. The molecule has 4 aromatic rings. The first-order chi connectivity index (χ1) is 20.9. The van der Waals surface area contributed by atoms with Gasteiger partial charge in [-0.05, 0) is 61.0 Å². The van der Waals surface area contributed by atoms with Gasteiger partial charge >= 0.3 is 12.1 Å². The van der Waals surface area contributed by atoms with Crippen molar-refractivity contribution in [1.29, 1.82) is 0 Å². The lowest BCUT2D eigenvalue weighted by Gasteiger charge is -2.34. The fraction of sp³-hybridized carbons (Fsp3) is 0.344. The van der Waals surface area contributed by atoms with E-state index in [1.807, 2.05) is 25.2 Å². The molecule has 3 aromatic carbocycles. The van der Waals surface area contributed by atoms with E-state index >= 15 is 0 Å². The number of hydrogen-bond donors (Lipinski definition) is 2. The highest BCUT2D eigenvalue weighted by atomic mass is 19.4. The van der Waals surface area contributed by atoms with Gasteiger partial charge in [0.2, 0.25) is 5.91 Å². The van der Waals surface area contributed by atoms with E-state index < -0.39 is 17.6 Å². The summed E-state index contributed by atoms with van der Waals surface area (Å²) in [6.45, 7) is 4.30. The molecule has 1 aromatic heterocycles. The Labute approximate surface area is 251 Å². The second kappa shape index (κ2) is 10.8. The summed E-state index contributed by atoms with van der Waals surface area (Å²) in [7, 11) is 5.72. The molecule has 1 saturated heterocycles. The lowest BCUT2D eigenvalue weighted by Crippen LogP contribution is -2.44. The van der Waals surface area contributed by atoms with E-state index in [0.717, 1.165) is 71.8 Å². The number of aromatic amines is 1. The van der Waals surface area contributed by atoms with Crippen LogP contribution in [0, 0.1) is 0 Å². The molecule has 2 aliphatic heterocycles. The van der Waals surface area contributed by atoms with Gasteiger partial charge in [-0.15, -0.1) is 0 Å². The zero-order valence-corrected chi connectivity index (χ0v) is 24.5. The number of aliphatic carboxylic acids is 1. The molecule has 2 fully saturated rings. The molecule has 1 amide bonds. The Balaban J connectivity index is 0.000000441. The van der Waals surface area contributed by atoms with Gasteiger partial charge in [0.25, 0.3) is 0 Å². The standard InChI is InChI=1S/C30H31N5O2.C2HF3O2/c1-33-12-14-35(15-13-33)21-7-4-19(5-8-21)28-23-10-6-20(16-26(23)31-32-28)25-18-30(25)24-17-22(37-3)9-11-27(24)34(2)29(30)36;3-2(4,5)1(6)7/h4-11,16-17,25H,12-15,18H2,1-3H3,(H,31,32);(H,6,7). The predicted molar refractivity (Wildman–Crippen MR) is 160 cm³/mol. The number of nitrogens with one attached hydrogen (secondary N) is 1. The maximum atomic E-state index is 13.4. The van der Waals surface area contributed by atoms with Crippen LogP contribution < -0.4 is 14.5 Å². The summed E-state index contributed by atoms with van der Waals surface area (Å²) in [4.78, 5) is 28.9. The van der Waals surface area contributed by atoms with Crippen LogP contribution in [-0.4, -0.2) is 85.6 Å². The highest BCUT2D eigenvalue weighted by molar-refractivity contribution is 6.11. The summed E-state index contributed by atoms with van der Waals surface area (Å²) in [5.74, 6) is -1.65. The highest BCUT2D eigenvalue weighted by Crippen LogP contribution is 2.66. The minimum atomic E-state index is -5.08. The van der Waals surface area contributed by atoms with Gasteiger partial charge in [0.1, 0.15) is 5.75 Å². The number of benzene rings is 3. The number of methoxy groups -OCH3 is 1. The van der Waals surface area contributed by atoms with Gasteiger partial charge in [-0.25, -0.2) is 4.79 Å². The number of halogens is 3. The number of aromatic nitrogens is 2. The number of carbonyl (C=O) groups excluding carboxylic acids is 1. The largest absolute Gasteiger partial charge is 0.497 e. The third-order valence-corrected chi connectivity index (χ3v) is 8.93. The number of hydrogen-bond acceptors (Lipinski definition) is 6. The number of alkyl halides is 3. The highest BCUT2D eigenvalue weighted by Gasteiger charge is 2.66. The lowest BCUT2D eigenvalue weighted by atomic mass is 9.91. The van der Waals surface area contributed by atoms with Crippen molar-refractivity contribution in [3.8, 4) is 17.0 Å². The zero-order chi connectivity index (χ0) is 31.4. The number of H-pyrrole nitrogens is 1. The number of nitrogens with zero attached hydrogens (tertiary/aromatic N) is 4. The Kier molecular flexibility index (Phi) is 7.27. The summed E-state index contributed by atoms with van der Waals surface area (Å²) in [5, 5.41) is 16.1. The molecule has 2 atom stereocenters. The summed E-state index contributed by atoms with van der Waals surface area (Å²) >= 11 is 0. The fourth-order valence-electron chi connectivity index (χ4n) is 6.38. The predicted octanol–water partition coefficient (Wildman–Crippen LogP) is 5.03. The van der Waals surface area contributed by atoms with E-state index in [9.17, 15) is 18.0 Å². The number of piperazine rings is 1. The summed E-state index contributed by atoms with van der Waals surface area (Å²) in [6.07, 6.45) is -4.27. The average Bonchev–Trinajstić information content (AvgIpc) is 3.58. The molecule has 1 saturated carbocycles. The molecule has 0 bridgehead atoms. The van der Waals surface area contributed by atoms with Crippen molar-refractivity contribution >= 4 is 34.2 Å². The van der Waals surface area contributed by atoms with Crippen LogP contribution in [0.15, 0.2) is 60.7 Å². The molecule has 9 nitrogen and oxygen atoms in total. The number of rotatable bonds is 4. The maximum absolute atomic E-state index is 13.4. The fourth-order valence-corrected chi connectivity index (χ4v) is 6.38. The Bertz CT molecular complexity index is 1730. The molecule has 3 heterocycles. The van der Waals surface area contributed by atoms with Crippen molar-refractivity contribution < 1.29 is 32.6 Å². The van der Waals surface area contributed by atoms with Crippen LogP contribution >= 0.6 is 0 Å². The first kappa shape index (κ1) is 29.5. The second-order valence-electron chi connectivity index (χ2n) is 11.5. The molecule has 2 N–H and O–H groups in total. The molecule has 0 radical (unpaired) electrons. The maximum Gasteiger partial charge on any atom is 0.490 e. The van der Waals surface area contributed by atoms with Crippen LogP contribution in [0.25, 0.3) is 22.2 Å². The van der Waals surface area contributed by atoms with Gasteiger partial charge in [-0.1, -0.05) is 24.3 Å². The normalized spacial score (nSPS) is 21.3. The number of anilines is 2. The molecule has 2 unspecified atom stereocenters. The van der Waals surface area contributed by atoms with Crippen LogP contribution in [0.1, 0.15) is 23.5 Å². The first-order valence-electron chi connectivity index (χ1n) is 14.2. The number of likely N-dealkylation sites (N-methyl/N-ethyl adjacent to an activating group) is 2. The topological polar surface area (TPSA) is 102 Å². The Morgan fingerprint density at radius 3 is 2.34 bits per heavy atom. The molecule has 3 aliphatic rings. The minimum Gasteiger partial charge on any atom is -0.497 e. The van der Waals surface area contributed by atoms with E-state index in [0.29, 0.717) is 0 Å². The molecular weight excluding hydrogens is 575 g/mol. The van der Waals surface area contributed by atoms with Crippen molar-refractivity contribution in [3.05, 3.63) is 71.8 Å². The third-order valence-electron chi connectivity index (χ3n) is 8.93. The van der Waals surface area contributed by atoms with Crippen LogP contribution in [0.5, 0.6) is 5.75 Å². The van der Waals surface area contributed by atoms with E-state index in [2.05, 4.69) is 69.5 Å². The zero-order valence-electron chi connectivity index (χ0n) is 24.5. The second-order valence-corrected chi connectivity index (χ2v) is 11.5. The van der Waals surface area contributed by atoms with Gasteiger partial charge < -0.3 is 24.5 Å².